The van der Waals surface area contributed by atoms with Gasteiger partial charge >= 0.3 is 6.03 Å². The minimum Gasteiger partial charge on any atom is -0.338 e. The molecule has 2 aliphatic rings. The molecule has 0 saturated carbocycles. The predicted octanol–water partition coefficient (Wildman–Crippen LogP) is 1.75. The number of benzene rings is 2. The van der Waals surface area contributed by atoms with Gasteiger partial charge in [0, 0.05) is 38.6 Å². The second-order valence-corrected chi connectivity index (χ2v) is 8.39. The summed E-state index contributed by atoms with van der Waals surface area (Å²) in [7, 11) is 0. The molecule has 9 nitrogen and oxygen atoms in total. The Morgan fingerprint density at radius 2 is 1.67 bits per heavy atom. The first-order chi connectivity index (χ1) is 16.0. The van der Waals surface area contributed by atoms with Crippen LogP contribution in [0.5, 0.6) is 0 Å². The molecule has 2 aromatic carbocycles. The molecule has 2 saturated heterocycles. The molecule has 0 bridgehead atoms. The van der Waals surface area contributed by atoms with Crippen molar-refractivity contribution in [3.63, 3.8) is 0 Å². The van der Waals surface area contributed by atoms with E-state index in [1.54, 1.807) is 30.3 Å². The van der Waals surface area contributed by atoms with Crippen molar-refractivity contribution in [3.8, 4) is 0 Å². The summed E-state index contributed by atoms with van der Waals surface area (Å²) in [6.45, 7) is 3.53. The highest BCUT2D eigenvalue weighted by atomic mass is 16.2. The van der Waals surface area contributed by atoms with Gasteiger partial charge in [-0.2, -0.15) is 0 Å². The molecular weight excluding hydrogens is 420 g/mol. The first-order valence-electron chi connectivity index (χ1n) is 10.9. The van der Waals surface area contributed by atoms with Gasteiger partial charge < -0.3 is 15.1 Å². The summed E-state index contributed by atoms with van der Waals surface area (Å²) >= 11 is 0. The molecule has 4 amide bonds. The van der Waals surface area contributed by atoms with Gasteiger partial charge in [0.25, 0.3) is 5.91 Å². The number of carbonyl (C=O) groups excluding carboxylic acids is 3. The summed E-state index contributed by atoms with van der Waals surface area (Å²) in [6, 6.07) is 14.6. The van der Waals surface area contributed by atoms with Crippen LogP contribution in [0.3, 0.4) is 0 Å². The van der Waals surface area contributed by atoms with E-state index in [2.05, 4.69) is 15.3 Å². The van der Waals surface area contributed by atoms with Gasteiger partial charge in [0.05, 0.1) is 0 Å². The van der Waals surface area contributed by atoms with Gasteiger partial charge in [-0.15, -0.1) is 0 Å². The number of nitrogens with zero attached hydrogens (tertiary/aromatic N) is 5. The number of hydrogen-bond donors (Lipinski definition) is 1. The molecule has 0 aliphatic carbocycles. The maximum atomic E-state index is 13.4. The van der Waals surface area contributed by atoms with Crippen LogP contribution < -0.4 is 10.2 Å². The average molecular weight is 444 g/mol. The van der Waals surface area contributed by atoms with Crippen LogP contribution in [0.1, 0.15) is 12.5 Å². The zero-order valence-corrected chi connectivity index (χ0v) is 18.3. The monoisotopic (exact) mass is 444 g/mol. The summed E-state index contributed by atoms with van der Waals surface area (Å²) in [5.74, 6) is -0.0487. The number of fused-ring (bicyclic) bond motifs is 1. The van der Waals surface area contributed by atoms with Gasteiger partial charge in [-0.05, 0) is 29.3 Å². The number of nitrogens with one attached hydrogen (secondary N) is 1. The third kappa shape index (κ3) is 3.65. The van der Waals surface area contributed by atoms with E-state index in [-0.39, 0.29) is 12.5 Å². The van der Waals surface area contributed by atoms with Crippen molar-refractivity contribution in [2.45, 2.75) is 12.5 Å². The van der Waals surface area contributed by atoms with Crippen LogP contribution in [0, 0.1) is 0 Å². The molecule has 1 atom stereocenters. The minimum absolute atomic E-state index is 0.255. The highest BCUT2D eigenvalue weighted by Crippen LogP contribution is 2.33. The Morgan fingerprint density at radius 3 is 2.42 bits per heavy atom. The number of piperazine rings is 1. The fourth-order valence-corrected chi connectivity index (χ4v) is 4.53. The predicted molar refractivity (Wildman–Crippen MR) is 122 cm³/mol. The third-order valence-electron chi connectivity index (χ3n) is 6.36. The van der Waals surface area contributed by atoms with Crippen molar-refractivity contribution >= 4 is 34.6 Å². The van der Waals surface area contributed by atoms with E-state index in [0.717, 1.165) is 15.7 Å². The maximum Gasteiger partial charge on any atom is 0.325 e. The van der Waals surface area contributed by atoms with Crippen molar-refractivity contribution in [1.29, 1.82) is 0 Å². The van der Waals surface area contributed by atoms with E-state index < -0.39 is 17.5 Å². The first-order valence-corrected chi connectivity index (χ1v) is 10.9. The molecule has 3 heterocycles. The van der Waals surface area contributed by atoms with Crippen LogP contribution in [0.2, 0.25) is 0 Å². The van der Waals surface area contributed by atoms with Crippen molar-refractivity contribution in [1.82, 2.24) is 25.1 Å². The molecule has 1 N–H and O–H groups in total. The lowest BCUT2D eigenvalue weighted by atomic mass is 9.88. The number of aromatic nitrogens is 2. The third-order valence-corrected chi connectivity index (χ3v) is 6.36. The summed E-state index contributed by atoms with van der Waals surface area (Å²) in [5, 5.41) is 4.69. The standard InChI is InChI=1S/C24H24N6O3/c1-24(19-9-4-7-17-6-2-3-8-18(17)19)21(32)30(23(33)27-24)16-20(31)28-12-14-29(15-13-28)22-25-10-5-11-26-22/h2-11H,12-16H2,1H3,(H,27,33). The normalized spacial score (nSPS) is 20.9. The fraction of sp³-hybridized carbons (Fsp3) is 0.292. The lowest BCUT2D eigenvalue weighted by molar-refractivity contribution is -0.139. The first kappa shape index (κ1) is 20.9. The highest BCUT2D eigenvalue weighted by molar-refractivity contribution is 6.10. The van der Waals surface area contributed by atoms with Crippen LogP contribution in [-0.2, 0) is 15.1 Å². The molecule has 9 heteroatoms. The summed E-state index contributed by atoms with van der Waals surface area (Å²) in [6.07, 6.45) is 3.37. The maximum absolute atomic E-state index is 13.4. The van der Waals surface area contributed by atoms with E-state index in [1.807, 2.05) is 47.4 Å². The van der Waals surface area contributed by atoms with Crippen LogP contribution in [0.4, 0.5) is 10.7 Å². The second kappa shape index (κ2) is 8.16. The number of hydrogen-bond acceptors (Lipinski definition) is 6. The largest absolute Gasteiger partial charge is 0.338 e. The van der Waals surface area contributed by atoms with Gasteiger partial charge in [-0.3, -0.25) is 14.5 Å². The van der Waals surface area contributed by atoms with Crippen LogP contribution in [-0.4, -0.2) is 70.3 Å². The number of rotatable bonds is 4. The Kier molecular flexibility index (Phi) is 5.16. The van der Waals surface area contributed by atoms with Gasteiger partial charge in [-0.1, -0.05) is 42.5 Å². The smallest absolute Gasteiger partial charge is 0.325 e. The molecule has 2 fully saturated rings. The molecule has 1 unspecified atom stereocenters. The van der Waals surface area contributed by atoms with Crippen molar-refractivity contribution in [2.24, 2.45) is 0 Å². The molecule has 2 aliphatic heterocycles. The minimum atomic E-state index is -1.23. The SMILES string of the molecule is CC1(c2cccc3ccccc23)NC(=O)N(CC(=O)N2CCN(c3ncccn3)CC2)C1=O. The summed E-state index contributed by atoms with van der Waals surface area (Å²) in [5.41, 5.74) is -0.521. The summed E-state index contributed by atoms with van der Waals surface area (Å²) in [4.78, 5) is 52.3. The Balaban J connectivity index is 1.29. The zero-order valence-electron chi connectivity index (χ0n) is 18.3. The molecule has 3 aromatic rings. The molecule has 0 radical (unpaired) electrons. The second-order valence-electron chi connectivity index (χ2n) is 8.39. The van der Waals surface area contributed by atoms with Crippen molar-refractivity contribution in [2.75, 3.05) is 37.6 Å². The highest BCUT2D eigenvalue weighted by Gasteiger charge is 2.50. The molecule has 168 valence electrons. The Hall–Kier alpha value is -4.01. The summed E-state index contributed by atoms with van der Waals surface area (Å²) < 4.78 is 0. The van der Waals surface area contributed by atoms with E-state index >= 15 is 0 Å². The van der Waals surface area contributed by atoms with Gasteiger partial charge in [0.15, 0.2) is 0 Å². The molecule has 1 aromatic heterocycles. The van der Waals surface area contributed by atoms with Crippen LogP contribution in [0.25, 0.3) is 10.8 Å². The van der Waals surface area contributed by atoms with Gasteiger partial charge in [-0.25, -0.2) is 14.8 Å². The van der Waals surface area contributed by atoms with Gasteiger partial charge in [0.1, 0.15) is 12.1 Å². The van der Waals surface area contributed by atoms with E-state index in [1.165, 1.54) is 0 Å². The number of carbonyl (C=O) groups is 3. The van der Waals surface area contributed by atoms with Crippen LogP contribution in [0.15, 0.2) is 60.9 Å². The number of imide groups is 1. The number of urea groups is 1. The number of amides is 4. The molecular formula is C24H24N6O3. The molecule has 5 rings (SSSR count). The van der Waals surface area contributed by atoms with E-state index in [0.29, 0.717) is 37.7 Å². The Labute approximate surface area is 191 Å². The van der Waals surface area contributed by atoms with E-state index in [4.69, 9.17) is 0 Å². The Morgan fingerprint density at radius 1 is 0.970 bits per heavy atom. The number of anilines is 1. The quantitative estimate of drug-likeness (QED) is 0.616. The lowest BCUT2D eigenvalue weighted by Crippen LogP contribution is -2.52. The Bertz CT molecular complexity index is 1220. The van der Waals surface area contributed by atoms with E-state index in [9.17, 15) is 14.4 Å². The molecule has 33 heavy (non-hydrogen) atoms. The van der Waals surface area contributed by atoms with Crippen molar-refractivity contribution < 1.29 is 14.4 Å². The van der Waals surface area contributed by atoms with Crippen LogP contribution >= 0.6 is 0 Å². The zero-order chi connectivity index (χ0) is 23.0. The average Bonchev–Trinajstić information content (AvgIpc) is 3.08. The fourth-order valence-electron chi connectivity index (χ4n) is 4.53. The van der Waals surface area contributed by atoms with Gasteiger partial charge in [0.2, 0.25) is 11.9 Å². The lowest BCUT2D eigenvalue weighted by Gasteiger charge is -2.35. The molecule has 0 spiro atoms. The topological polar surface area (TPSA) is 98.7 Å². The van der Waals surface area contributed by atoms with Crippen molar-refractivity contribution in [3.05, 3.63) is 66.5 Å².